The molecule has 1 rings (SSSR count). The Labute approximate surface area is 125 Å². The maximum absolute atomic E-state index is 10.6. The molecular formula is C15H27BrN2O. The molecule has 1 aromatic rings. The fourth-order valence-corrected chi connectivity index (χ4v) is 3.10. The van der Waals surface area contributed by atoms with E-state index in [0.717, 1.165) is 41.7 Å². The minimum Gasteiger partial charge on any atom is -0.390 e. The monoisotopic (exact) mass is 330 g/mol. The second-order valence-corrected chi connectivity index (χ2v) is 6.30. The van der Waals surface area contributed by atoms with Gasteiger partial charge in [-0.2, -0.15) is 5.10 Å². The van der Waals surface area contributed by atoms with Gasteiger partial charge < -0.3 is 5.11 Å². The fourth-order valence-electron chi connectivity index (χ4n) is 2.39. The third-order valence-electron chi connectivity index (χ3n) is 3.56. The molecule has 0 fully saturated rings. The molecule has 3 nitrogen and oxygen atoms in total. The molecule has 4 heteroatoms. The van der Waals surface area contributed by atoms with Gasteiger partial charge in [0.05, 0.1) is 21.5 Å². The summed E-state index contributed by atoms with van der Waals surface area (Å²) in [5, 5.41) is 15.1. The first-order chi connectivity index (χ1) is 8.95. The number of rotatable bonds is 8. The smallest absolute Gasteiger partial charge is 0.0766 e. The molecule has 0 aliphatic heterocycles. The van der Waals surface area contributed by atoms with Crippen LogP contribution in [-0.4, -0.2) is 20.5 Å². The van der Waals surface area contributed by atoms with Gasteiger partial charge in [0.1, 0.15) is 0 Å². The largest absolute Gasteiger partial charge is 0.390 e. The van der Waals surface area contributed by atoms with Crippen molar-refractivity contribution in [3.63, 3.8) is 0 Å². The number of aromatic nitrogens is 2. The molecule has 0 saturated carbocycles. The maximum atomic E-state index is 10.6. The Morgan fingerprint density at radius 2 is 1.95 bits per heavy atom. The van der Waals surface area contributed by atoms with Gasteiger partial charge in [-0.1, -0.05) is 33.1 Å². The molecule has 1 aromatic heterocycles. The average molecular weight is 331 g/mol. The van der Waals surface area contributed by atoms with Gasteiger partial charge in [-0.25, -0.2) is 0 Å². The maximum Gasteiger partial charge on any atom is 0.0766 e. The highest BCUT2D eigenvalue weighted by molar-refractivity contribution is 9.10. The predicted octanol–water partition coefficient (Wildman–Crippen LogP) is 4.10. The van der Waals surface area contributed by atoms with Crippen molar-refractivity contribution in [2.75, 3.05) is 0 Å². The molecule has 1 unspecified atom stereocenters. The van der Waals surface area contributed by atoms with Crippen molar-refractivity contribution in [1.82, 2.24) is 9.78 Å². The molecule has 0 bridgehead atoms. The zero-order chi connectivity index (χ0) is 14.5. The molecule has 0 radical (unpaired) electrons. The van der Waals surface area contributed by atoms with Crippen LogP contribution in [0, 0.1) is 0 Å². The van der Waals surface area contributed by atoms with Crippen molar-refractivity contribution in [2.24, 2.45) is 0 Å². The van der Waals surface area contributed by atoms with E-state index >= 15 is 0 Å². The average Bonchev–Trinajstić information content (AvgIpc) is 2.66. The number of nitrogens with zero attached hydrogens (tertiary/aromatic N) is 2. The van der Waals surface area contributed by atoms with Gasteiger partial charge in [0, 0.05) is 13.0 Å². The third kappa shape index (κ3) is 4.60. The van der Waals surface area contributed by atoms with E-state index in [4.69, 9.17) is 0 Å². The molecule has 0 aromatic carbocycles. The Kier molecular flexibility index (Phi) is 6.54. The standard InChI is InChI=1S/C15H27BrN2O/c1-5-8-9-10-15(4,19)11-13-14(16)12(6-2)17-18(13)7-3/h19H,5-11H2,1-4H3. The summed E-state index contributed by atoms with van der Waals surface area (Å²) in [6.07, 6.45) is 5.89. The van der Waals surface area contributed by atoms with Crippen LogP contribution in [0.1, 0.15) is 64.8 Å². The third-order valence-corrected chi connectivity index (χ3v) is 4.48. The minimum absolute atomic E-state index is 0.643. The van der Waals surface area contributed by atoms with Crippen LogP contribution < -0.4 is 0 Å². The molecule has 1 N–H and O–H groups in total. The number of halogens is 1. The number of hydrogen-bond acceptors (Lipinski definition) is 2. The van der Waals surface area contributed by atoms with Crippen LogP contribution in [0.4, 0.5) is 0 Å². The lowest BCUT2D eigenvalue weighted by Crippen LogP contribution is -2.28. The van der Waals surface area contributed by atoms with E-state index < -0.39 is 5.60 Å². The summed E-state index contributed by atoms with van der Waals surface area (Å²) in [7, 11) is 0. The molecular weight excluding hydrogens is 304 g/mol. The Bertz CT molecular complexity index is 399. The molecule has 0 saturated heterocycles. The summed E-state index contributed by atoms with van der Waals surface area (Å²) in [6, 6.07) is 0. The molecule has 0 aliphatic rings. The zero-order valence-electron chi connectivity index (χ0n) is 12.7. The van der Waals surface area contributed by atoms with Crippen molar-refractivity contribution in [3.8, 4) is 0 Å². The second-order valence-electron chi connectivity index (χ2n) is 5.51. The summed E-state index contributed by atoms with van der Waals surface area (Å²) < 4.78 is 3.09. The molecule has 0 aliphatic carbocycles. The summed E-state index contributed by atoms with van der Waals surface area (Å²) in [4.78, 5) is 0. The first-order valence-electron chi connectivity index (χ1n) is 7.41. The lowest BCUT2D eigenvalue weighted by Gasteiger charge is -2.23. The van der Waals surface area contributed by atoms with Crippen molar-refractivity contribution in [3.05, 3.63) is 15.9 Å². The van der Waals surface area contributed by atoms with E-state index in [1.807, 2.05) is 11.6 Å². The van der Waals surface area contributed by atoms with Crippen LogP contribution in [0.2, 0.25) is 0 Å². The van der Waals surface area contributed by atoms with Gasteiger partial charge in [-0.3, -0.25) is 4.68 Å². The van der Waals surface area contributed by atoms with Crippen molar-refractivity contribution in [2.45, 2.75) is 78.4 Å². The van der Waals surface area contributed by atoms with Crippen molar-refractivity contribution >= 4 is 15.9 Å². The van der Waals surface area contributed by atoms with E-state index in [1.165, 1.54) is 12.8 Å². The van der Waals surface area contributed by atoms with Crippen LogP contribution in [0.25, 0.3) is 0 Å². The van der Waals surface area contributed by atoms with Gasteiger partial charge >= 0.3 is 0 Å². The highest BCUT2D eigenvalue weighted by atomic mass is 79.9. The number of aliphatic hydroxyl groups is 1. The summed E-state index contributed by atoms with van der Waals surface area (Å²) in [6.45, 7) is 9.17. The highest BCUT2D eigenvalue weighted by Gasteiger charge is 2.25. The minimum atomic E-state index is -0.643. The van der Waals surface area contributed by atoms with Crippen molar-refractivity contribution in [1.29, 1.82) is 0 Å². The molecule has 1 heterocycles. The second kappa shape index (κ2) is 7.44. The fraction of sp³-hybridized carbons (Fsp3) is 0.800. The molecule has 0 amide bonds. The van der Waals surface area contributed by atoms with E-state index in [1.54, 1.807) is 0 Å². The van der Waals surface area contributed by atoms with Gasteiger partial charge in [-0.05, 0) is 42.6 Å². The number of aryl methyl sites for hydroxylation is 2. The van der Waals surface area contributed by atoms with E-state index in [-0.39, 0.29) is 0 Å². The first kappa shape index (κ1) is 16.7. The predicted molar refractivity (Wildman–Crippen MR) is 83.4 cm³/mol. The quantitative estimate of drug-likeness (QED) is 0.728. The topological polar surface area (TPSA) is 38.1 Å². The van der Waals surface area contributed by atoms with Gasteiger partial charge in [0.15, 0.2) is 0 Å². The molecule has 1 atom stereocenters. The van der Waals surface area contributed by atoms with Gasteiger partial charge in [0.25, 0.3) is 0 Å². The Hall–Kier alpha value is -0.350. The van der Waals surface area contributed by atoms with Gasteiger partial charge in [-0.15, -0.1) is 0 Å². The van der Waals surface area contributed by atoms with Crippen LogP contribution in [0.15, 0.2) is 4.47 Å². The first-order valence-corrected chi connectivity index (χ1v) is 8.20. The molecule has 110 valence electrons. The SMILES string of the molecule is CCCCCC(C)(O)Cc1c(Br)c(CC)nn1CC. The van der Waals surface area contributed by atoms with Crippen molar-refractivity contribution < 1.29 is 5.11 Å². The number of hydrogen-bond donors (Lipinski definition) is 1. The number of unbranched alkanes of at least 4 members (excludes halogenated alkanes) is 2. The molecule has 19 heavy (non-hydrogen) atoms. The van der Waals surface area contributed by atoms with Crippen LogP contribution in [-0.2, 0) is 19.4 Å². The van der Waals surface area contributed by atoms with E-state index in [0.29, 0.717) is 6.42 Å². The highest BCUT2D eigenvalue weighted by Crippen LogP contribution is 2.28. The Morgan fingerprint density at radius 1 is 1.26 bits per heavy atom. The van der Waals surface area contributed by atoms with Gasteiger partial charge in [0.2, 0.25) is 0 Å². The van der Waals surface area contributed by atoms with Crippen LogP contribution in [0.5, 0.6) is 0 Å². The lowest BCUT2D eigenvalue weighted by atomic mass is 9.93. The van der Waals surface area contributed by atoms with Crippen LogP contribution >= 0.6 is 15.9 Å². The lowest BCUT2D eigenvalue weighted by molar-refractivity contribution is 0.0464. The summed E-state index contributed by atoms with van der Waals surface area (Å²) in [5.41, 5.74) is 1.57. The van der Waals surface area contributed by atoms with E-state index in [9.17, 15) is 5.11 Å². The van der Waals surface area contributed by atoms with E-state index in [2.05, 4.69) is 41.8 Å². The Morgan fingerprint density at radius 3 is 2.47 bits per heavy atom. The van der Waals surface area contributed by atoms with Crippen LogP contribution in [0.3, 0.4) is 0 Å². The zero-order valence-corrected chi connectivity index (χ0v) is 14.3. The normalized spacial score (nSPS) is 14.6. The summed E-state index contributed by atoms with van der Waals surface area (Å²) in [5.74, 6) is 0. The Balaban J connectivity index is 2.82. The molecule has 0 spiro atoms. The summed E-state index contributed by atoms with van der Waals surface area (Å²) >= 11 is 3.64.